The number of nitrogens with one attached hydrogen (secondary N) is 1. The maximum Gasteiger partial charge on any atom is 0.160 e. The van der Waals surface area contributed by atoms with Gasteiger partial charge in [-0.1, -0.05) is 0 Å². The van der Waals surface area contributed by atoms with Crippen molar-refractivity contribution in [1.82, 2.24) is 0 Å². The highest BCUT2D eigenvalue weighted by Crippen LogP contribution is 2.19. The van der Waals surface area contributed by atoms with E-state index in [-0.39, 0.29) is 12.0 Å². The summed E-state index contributed by atoms with van der Waals surface area (Å²) in [6, 6.07) is 2.06. The highest BCUT2D eigenvalue weighted by molar-refractivity contribution is 6.24. The molecule has 2 nitrogen and oxygen atoms in total. The molecule has 1 aromatic carbocycles. The minimum absolute atomic E-state index is 0.0996. The van der Waals surface area contributed by atoms with Gasteiger partial charge in [-0.2, -0.15) is 0 Å². The van der Waals surface area contributed by atoms with Crippen LogP contribution in [0.3, 0.4) is 0 Å². The fourth-order valence-electron chi connectivity index (χ4n) is 0.750. The Bertz CT molecular complexity index is 317. The van der Waals surface area contributed by atoms with Gasteiger partial charge in [-0.25, -0.2) is 8.78 Å². The van der Waals surface area contributed by atoms with E-state index in [1.54, 1.807) is 0 Å². The molecule has 1 rings (SSSR count). The molecule has 0 spiro atoms. The fraction of sp³-hybridized carbons (Fsp3) is 0. The van der Waals surface area contributed by atoms with Gasteiger partial charge in [0.2, 0.25) is 0 Å². The number of aldehydes is 1. The topological polar surface area (TPSA) is 29.1 Å². The molecule has 0 radical (unpaired) electrons. The van der Waals surface area contributed by atoms with E-state index in [9.17, 15) is 13.6 Å². The lowest BCUT2D eigenvalue weighted by Crippen LogP contribution is -1.96. The van der Waals surface area contributed by atoms with Crippen LogP contribution in [0.2, 0.25) is 0 Å². The predicted octanol–water partition coefficient (Wildman–Crippen LogP) is 2.34. The van der Waals surface area contributed by atoms with Crippen LogP contribution >= 0.6 is 11.8 Å². The van der Waals surface area contributed by atoms with Gasteiger partial charge in [0.25, 0.3) is 0 Å². The molecule has 0 unspecified atom stereocenters. The number of benzene rings is 1. The molecule has 5 heteroatoms. The van der Waals surface area contributed by atoms with E-state index in [1.165, 1.54) is 0 Å². The van der Waals surface area contributed by atoms with Crippen LogP contribution in [0.4, 0.5) is 14.5 Å². The average molecular weight is 192 g/mol. The predicted molar refractivity (Wildman–Crippen MR) is 41.2 cm³/mol. The molecule has 0 fully saturated rings. The molecule has 64 valence electrons. The Morgan fingerprint density at radius 2 is 2.08 bits per heavy atom. The molecule has 0 aliphatic heterocycles. The summed E-state index contributed by atoms with van der Waals surface area (Å²) in [5, 5.41) is 0. The molecule has 1 N–H and O–H groups in total. The van der Waals surface area contributed by atoms with Gasteiger partial charge in [0.15, 0.2) is 12.1 Å². The van der Waals surface area contributed by atoms with E-state index in [4.69, 9.17) is 11.8 Å². The van der Waals surface area contributed by atoms with Gasteiger partial charge in [-0.3, -0.25) is 9.63 Å². The summed E-state index contributed by atoms with van der Waals surface area (Å²) < 4.78 is 25.5. The number of carbonyl (C=O) groups is 1. The van der Waals surface area contributed by atoms with E-state index in [0.29, 0.717) is 0 Å². The minimum atomic E-state index is -0.986. The first-order chi connectivity index (χ1) is 5.70. The highest BCUT2D eigenvalue weighted by atomic mass is 35.5. The molecular weight excluding hydrogens is 188 g/mol. The van der Waals surface area contributed by atoms with E-state index >= 15 is 0 Å². The van der Waals surface area contributed by atoms with Gasteiger partial charge in [0, 0.05) is 11.8 Å². The zero-order chi connectivity index (χ0) is 9.14. The summed E-state index contributed by atoms with van der Waals surface area (Å²) in [7, 11) is 0. The standard InChI is InChI=1S/C7H4ClF2NO/c8-11-6-2-1-5(9)4(3-12)7(6)10/h1-3,11H. The molecule has 12 heavy (non-hydrogen) atoms. The summed E-state index contributed by atoms with van der Waals surface area (Å²) in [4.78, 5) is 12.1. The van der Waals surface area contributed by atoms with Crippen LogP contribution in [0.25, 0.3) is 0 Å². The Morgan fingerprint density at radius 1 is 1.42 bits per heavy atom. The first-order valence-corrected chi connectivity index (χ1v) is 3.38. The third kappa shape index (κ3) is 1.38. The van der Waals surface area contributed by atoms with Crippen molar-refractivity contribution in [1.29, 1.82) is 0 Å². The van der Waals surface area contributed by atoms with Gasteiger partial charge < -0.3 is 0 Å². The molecule has 0 aromatic heterocycles. The molecule has 0 saturated carbocycles. The van der Waals surface area contributed by atoms with Crippen LogP contribution in [0.1, 0.15) is 10.4 Å². The van der Waals surface area contributed by atoms with E-state index in [0.717, 1.165) is 12.1 Å². The highest BCUT2D eigenvalue weighted by Gasteiger charge is 2.11. The zero-order valence-corrected chi connectivity index (χ0v) is 6.53. The molecule has 0 heterocycles. The van der Waals surface area contributed by atoms with Crippen LogP contribution in [-0.4, -0.2) is 6.29 Å². The Labute approximate surface area is 72.3 Å². The number of rotatable bonds is 2. The largest absolute Gasteiger partial charge is 0.298 e. The molecule has 0 amide bonds. The lowest BCUT2D eigenvalue weighted by atomic mass is 10.2. The maximum absolute atomic E-state index is 12.9. The average Bonchev–Trinajstić information content (AvgIpc) is 2.06. The molecule has 0 bridgehead atoms. The van der Waals surface area contributed by atoms with Crippen molar-refractivity contribution >= 4 is 23.8 Å². The second-order valence-electron chi connectivity index (χ2n) is 2.03. The van der Waals surface area contributed by atoms with Crippen LogP contribution in [0.5, 0.6) is 0 Å². The molecule has 0 saturated heterocycles. The van der Waals surface area contributed by atoms with E-state index < -0.39 is 17.2 Å². The summed E-state index contributed by atoms with van der Waals surface area (Å²) in [5.74, 6) is -1.89. The van der Waals surface area contributed by atoms with Crippen molar-refractivity contribution in [3.05, 3.63) is 29.3 Å². The van der Waals surface area contributed by atoms with Crippen molar-refractivity contribution in [2.45, 2.75) is 0 Å². The minimum Gasteiger partial charge on any atom is -0.298 e. The number of hydrogen-bond donors (Lipinski definition) is 1. The molecule has 0 aliphatic rings. The molecule has 1 aromatic rings. The number of halogens is 3. The van der Waals surface area contributed by atoms with Crippen molar-refractivity contribution in [3.63, 3.8) is 0 Å². The first kappa shape index (κ1) is 8.93. The van der Waals surface area contributed by atoms with Crippen molar-refractivity contribution in [2.24, 2.45) is 0 Å². The first-order valence-electron chi connectivity index (χ1n) is 3.00. The lowest BCUT2D eigenvalue weighted by molar-refractivity contribution is 0.111. The Morgan fingerprint density at radius 3 is 2.58 bits per heavy atom. The zero-order valence-electron chi connectivity index (χ0n) is 5.77. The molecular formula is C7H4ClF2NO. The van der Waals surface area contributed by atoms with Crippen LogP contribution in [0, 0.1) is 11.6 Å². The van der Waals surface area contributed by atoms with Crippen molar-refractivity contribution < 1.29 is 13.6 Å². The SMILES string of the molecule is O=Cc1c(F)ccc(NCl)c1F. The smallest absolute Gasteiger partial charge is 0.160 e. The van der Waals surface area contributed by atoms with Gasteiger partial charge >= 0.3 is 0 Å². The van der Waals surface area contributed by atoms with E-state index in [2.05, 4.69) is 0 Å². The second-order valence-corrected chi connectivity index (χ2v) is 2.22. The summed E-state index contributed by atoms with van der Waals surface area (Å²) in [6.45, 7) is 0. The Kier molecular flexibility index (Phi) is 2.60. The normalized spacial score (nSPS) is 9.58. The number of anilines is 1. The molecule has 0 aliphatic carbocycles. The van der Waals surface area contributed by atoms with Crippen LogP contribution < -0.4 is 4.84 Å². The number of carbonyl (C=O) groups excluding carboxylic acids is 1. The number of hydrogen-bond acceptors (Lipinski definition) is 2. The summed E-state index contributed by atoms with van der Waals surface area (Å²) in [5.41, 5.74) is -0.749. The lowest BCUT2D eigenvalue weighted by Gasteiger charge is -2.02. The van der Waals surface area contributed by atoms with Gasteiger partial charge in [0.05, 0.1) is 11.3 Å². The quantitative estimate of drug-likeness (QED) is 0.574. The second kappa shape index (κ2) is 3.49. The monoisotopic (exact) mass is 191 g/mol. The van der Waals surface area contributed by atoms with Crippen LogP contribution in [0.15, 0.2) is 12.1 Å². The van der Waals surface area contributed by atoms with Crippen molar-refractivity contribution in [3.8, 4) is 0 Å². The van der Waals surface area contributed by atoms with Gasteiger partial charge in [0.1, 0.15) is 5.82 Å². The van der Waals surface area contributed by atoms with Gasteiger partial charge in [-0.05, 0) is 12.1 Å². The molecule has 0 atom stereocenters. The summed E-state index contributed by atoms with van der Waals surface area (Å²) in [6.07, 6.45) is 0.0996. The Balaban J connectivity index is 3.33. The van der Waals surface area contributed by atoms with Crippen LogP contribution in [-0.2, 0) is 0 Å². The summed E-state index contributed by atoms with van der Waals surface area (Å²) >= 11 is 5.09. The Hall–Kier alpha value is -1.16. The van der Waals surface area contributed by atoms with Crippen molar-refractivity contribution in [2.75, 3.05) is 4.84 Å². The third-order valence-electron chi connectivity index (χ3n) is 1.35. The van der Waals surface area contributed by atoms with E-state index in [1.807, 2.05) is 4.84 Å². The fourth-order valence-corrected chi connectivity index (χ4v) is 0.896. The van der Waals surface area contributed by atoms with Gasteiger partial charge in [-0.15, -0.1) is 0 Å². The maximum atomic E-state index is 12.9. The third-order valence-corrected chi connectivity index (χ3v) is 1.55.